The van der Waals surface area contributed by atoms with Crippen molar-refractivity contribution >= 4 is 11.3 Å². The van der Waals surface area contributed by atoms with Gasteiger partial charge in [-0.15, -0.1) is 11.3 Å². The Morgan fingerprint density at radius 2 is 2.15 bits per heavy atom. The van der Waals surface area contributed by atoms with Crippen molar-refractivity contribution in [2.75, 3.05) is 6.54 Å². The molecule has 1 atom stereocenters. The van der Waals surface area contributed by atoms with Gasteiger partial charge in [0.25, 0.3) is 0 Å². The van der Waals surface area contributed by atoms with E-state index in [0.717, 1.165) is 23.5 Å². The van der Waals surface area contributed by atoms with E-state index < -0.39 is 0 Å². The van der Waals surface area contributed by atoms with Crippen LogP contribution in [-0.2, 0) is 12.8 Å². The van der Waals surface area contributed by atoms with Gasteiger partial charge in [-0.2, -0.15) is 4.98 Å². The van der Waals surface area contributed by atoms with Gasteiger partial charge in [0.1, 0.15) is 5.01 Å². The number of hydrogen-bond donors (Lipinski definition) is 1. The van der Waals surface area contributed by atoms with Gasteiger partial charge in [0.2, 0.25) is 5.89 Å². The van der Waals surface area contributed by atoms with Crippen molar-refractivity contribution in [1.29, 1.82) is 0 Å². The second kappa shape index (κ2) is 6.95. The molecular weight excluding hydrogens is 272 g/mol. The van der Waals surface area contributed by atoms with Gasteiger partial charge >= 0.3 is 0 Å². The van der Waals surface area contributed by atoms with E-state index in [1.165, 1.54) is 0 Å². The van der Waals surface area contributed by atoms with E-state index in [1.54, 1.807) is 11.3 Å². The molecule has 0 amide bonds. The van der Waals surface area contributed by atoms with Gasteiger partial charge in [0.05, 0.1) is 6.42 Å². The van der Waals surface area contributed by atoms with Gasteiger partial charge in [-0.1, -0.05) is 19.0 Å². The summed E-state index contributed by atoms with van der Waals surface area (Å²) in [6, 6.07) is 0. The fraction of sp³-hybridized carbons (Fsp3) is 0.643. The average molecular weight is 294 g/mol. The lowest BCUT2D eigenvalue weighted by Crippen LogP contribution is -2.19. The second-order valence-electron chi connectivity index (χ2n) is 5.60. The lowest BCUT2D eigenvalue weighted by atomic mass is 9.94. The monoisotopic (exact) mass is 294 g/mol. The highest BCUT2D eigenvalue weighted by Gasteiger charge is 2.15. The first-order chi connectivity index (χ1) is 9.56. The molecule has 2 N–H and O–H groups in total. The molecule has 6 heteroatoms. The van der Waals surface area contributed by atoms with Crippen LogP contribution >= 0.6 is 11.3 Å². The third kappa shape index (κ3) is 4.38. The van der Waals surface area contributed by atoms with Gasteiger partial charge in [0.15, 0.2) is 5.82 Å². The lowest BCUT2D eigenvalue weighted by molar-refractivity contribution is 0.329. The summed E-state index contributed by atoms with van der Waals surface area (Å²) in [5.41, 5.74) is 6.84. The smallest absolute Gasteiger partial charge is 0.226 e. The van der Waals surface area contributed by atoms with Crippen molar-refractivity contribution in [3.63, 3.8) is 0 Å². The molecule has 20 heavy (non-hydrogen) atoms. The first-order valence-corrected chi connectivity index (χ1v) is 7.87. The summed E-state index contributed by atoms with van der Waals surface area (Å²) >= 11 is 1.63. The average Bonchev–Trinajstić information content (AvgIpc) is 2.98. The first-order valence-electron chi connectivity index (χ1n) is 6.99. The predicted molar refractivity (Wildman–Crippen MR) is 79.7 cm³/mol. The van der Waals surface area contributed by atoms with Crippen LogP contribution in [0, 0.1) is 18.8 Å². The van der Waals surface area contributed by atoms with Crippen LogP contribution in [0.15, 0.2) is 9.90 Å². The Balaban J connectivity index is 1.94. The SMILES string of the molecule is Cc1csc(Cc2noc(C[C@@H](CN)CC(C)C)n2)n1. The summed E-state index contributed by atoms with van der Waals surface area (Å²) in [5, 5.41) is 7.08. The minimum Gasteiger partial charge on any atom is -0.339 e. The molecule has 5 nitrogen and oxygen atoms in total. The van der Waals surface area contributed by atoms with Gasteiger partial charge in [0, 0.05) is 17.5 Å². The number of thiazole rings is 1. The third-order valence-electron chi connectivity index (χ3n) is 3.09. The molecule has 0 aliphatic rings. The van der Waals surface area contributed by atoms with Crippen molar-refractivity contribution in [2.24, 2.45) is 17.6 Å². The minimum absolute atomic E-state index is 0.408. The number of aryl methyl sites for hydroxylation is 1. The van der Waals surface area contributed by atoms with Crippen LogP contribution in [0.1, 0.15) is 42.7 Å². The Morgan fingerprint density at radius 3 is 2.75 bits per heavy atom. The zero-order valence-corrected chi connectivity index (χ0v) is 13.1. The first kappa shape index (κ1) is 15.1. The molecule has 0 fully saturated rings. The van der Waals surface area contributed by atoms with Crippen molar-refractivity contribution < 1.29 is 4.52 Å². The van der Waals surface area contributed by atoms with E-state index in [1.807, 2.05) is 12.3 Å². The third-order valence-corrected chi connectivity index (χ3v) is 4.05. The van der Waals surface area contributed by atoms with Gasteiger partial charge in [-0.05, 0) is 31.7 Å². The second-order valence-corrected chi connectivity index (χ2v) is 6.54. The molecule has 0 radical (unpaired) electrons. The normalized spacial score (nSPS) is 13.1. The van der Waals surface area contributed by atoms with E-state index in [4.69, 9.17) is 10.3 Å². The topological polar surface area (TPSA) is 77.8 Å². The van der Waals surface area contributed by atoms with E-state index >= 15 is 0 Å². The van der Waals surface area contributed by atoms with Crippen LogP contribution in [0.25, 0.3) is 0 Å². The molecule has 0 aliphatic carbocycles. The zero-order chi connectivity index (χ0) is 14.5. The fourth-order valence-corrected chi connectivity index (χ4v) is 3.01. The molecule has 110 valence electrons. The molecule has 2 aromatic heterocycles. The highest BCUT2D eigenvalue weighted by molar-refractivity contribution is 7.09. The standard InChI is InChI=1S/C14H22N4OS/c1-9(2)4-11(7-15)5-13-17-12(18-19-13)6-14-16-10(3)8-20-14/h8-9,11H,4-7,15H2,1-3H3/t11-/m0/s1. The summed E-state index contributed by atoms with van der Waals surface area (Å²) in [7, 11) is 0. The number of nitrogens with zero attached hydrogens (tertiary/aromatic N) is 3. The molecule has 0 unspecified atom stereocenters. The van der Waals surface area contributed by atoms with Crippen LogP contribution in [0.4, 0.5) is 0 Å². The summed E-state index contributed by atoms with van der Waals surface area (Å²) in [6.07, 6.45) is 2.48. The molecule has 0 bridgehead atoms. The molecular formula is C14H22N4OS. The van der Waals surface area contributed by atoms with Crippen molar-refractivity contribution in [1.82, 2.24) is 15.1 Å². The van der Waals surface area contributed by atoms with Crippen LogP contribution in [0.2, 0.25) is 0 Å². The minimum atomic E-state index is 0.408. The molecule has 0 aromatic carbocycles. The molecule has 2 rings (SSSR count). The number of aromatic nitrogens is 3. The quantitative estimate of drug-likeness (QED) is 0.849. The molecule has 0 aliphatic heterocycles. The molecule has 0 saturated heterocycles. The Kier molecular flexibility index (Phi) is 5.25. The predicted octanol–water partition coefficient (Wildman–Crippen LogP) is 2.59. The van der Waals surface area contributed by atoms with E-state index in [9.17, 15) is 0 Å². The molecule has 0 spiro atoms. The summed E-state index contributed by atoms with van der Waals surface area (Å²) in [5.74, 6) is 2.42. The van der Waals surface area contributed by atoms with Gasteiger partial charge < -0.3 is 10.3 Å². The number of hydrogen-bond acceptors (Lipinski definition) is 6. The highest BCUT2D eigenvalue weighted by atomic mass is 32.1. The maximum atomic E-state index is 5.80. The maximum Gasteiger partial charge on any atom is 0.226 e. The van der Waals surface area contributed by atoms with E-state index in [-0.39, 0.29) is 0 Å². The van der Waals surface area contributed by atoms with E-state index in [0.29, 0.717) is 36.5 Å². The molecule has 0 saturated carbocycles. The maximum absolute atomic E-state index is 5.80. The van der Waals surface area contributed by atoms with Crippen LogP contribution in [0.3, 0.4) is 0 Å². The Morgan fingerprint density at radius 1 is 1.35 bits per heavy atom. The van der Waals surface area contributed by atoms with Gasteiger partial charge in [-0.3, -0.25) is 0 Å². The largest absolute Gasteiger partial charge is 0.339 e. The molecule has 2 aromatic rings. The zero-order valence-electron chi connectivity index (χ0n) is 12.3. The van der Waals surface area contributed by atoms with Crippen molar-refractivity contribution in [3.05, 3.63) is 27.8 Å². The fourth-order valence-electron chi connectivity index (χ4n) is 2.24. The molecule has 2 heterocycles. The Bertz CT molecular complexity index is 535. The summed E-state index contributed by atoms with van der Waals surface area (Å²) in [4.78, 5) is 8.85. The van der Waals surface area contributed by atoms with Crippen LogP contribution in [0.5, 0.6) is 0 Å². The van der Waals surface area contributed by atoms with Crippen LogP contribution < -0.4 is 5.73 Å². The summed E-state index contributed by atoms with van der Waals surface area (Å²) in [6.45, 7) is 7.04. The van der Waals surface area contributed by atoms with Crippen LogP contribution in [-0.4, -0.2) is 21.7 Å². The van der Waals surface area contributed by atoms with Crippen molar-refractivity contribution in [3.8, 4) is 0 Å². The number of rotatable bonds is 7. The highest BCUT2D eigenvalue weighted by Crippen LogP contribution is 2.17. The Labute approximate surface area is 123 Å². The summed E-state index contributed by atoms with van der Waals surface area (Å²) < 4.78 is 5.32. The number of nitrogens with two attached hydrogens (primary N) is 1. The van der Waals surface area contributed by atoms with Crippen molar-refractivity contribution in [2.45, 2.75) is 40.0 Å². The lowest BCUT2D eigenvalue weighted by Gasteiger charge is -2.14. The Hall–Kier alpha value is -1.27. The van der Waals surface area contributed by atoms with E-state index in [2.05, 4.69) is 29.0 Å². The van der Waals surface area contributed by atoms with Gasteiger partial charge in [-0.25, -0.2) is 4.98 Å².